The van der Waals surface area contributed by atoms with E-state index in [9.17, 15) is 14.7 Å². The number of thiophene rings is 1. The van der Waals surface area contributed by atoms with Crippen molar-refractivity contribution < 1.29 is 9.90 Å². The third kappa shape index (κ3) is 5.25. The first kappa shape index (κ1) is 27.9. The fraction of sp³-hybridized carbons (Fsp3) is 0.382. The van der Waals surface area contributed by atoms with Gasteiger partial charge >= 0.3 is 0 Å². The number of hydrogen-bond donors (Lipinski definition) is 3. The molecule has 4 aromatic rings. The molecule has 2 unspecified atom stereocenters. The van der Waals surface area contributed by atoms with Gasteiger partial charge in [-0.15, -0.1) is 11.3 Å². The van der Waals surface area contributed by atoms with Crippen molar-refractivity contribution in [3.05, 3.63) is 86.1 Å². The highest BCUT2D eigenvalue weighted by Gasteiger charge is 2.39. The van der Waals surface area contributed by atoms with Crippen molar-refractivity contribution in [3.63, 3.8) is 0 Å². The Morgan fingerprint density at radius 3 is 2.63 bits per heavy atom. The first-order chi connectivity index (χ1) is 20.6. The topological polar surface area (TPSA) is 99.5 Å². The molecule has 3 aliphatic rings. The van der Waals surface area contributed by atoms with E-state index in [1.807, 2.05) is 56.4 Å². The minimum atomic E-state index is -0.607. The summed E-state index contributed by atoms with van der Waals surface area (Å²) in [6.45, 7) is 5.44. The summed E-state index contributed by atoms with van der Waals surface area (Å²) in [5.74, 6) is 1.80. The van der Waals surface area contributed by atoms with Crippen LogP contribution in [0.4, 0.5) is 22.9 Å². The highest BCUT2D eigenvalue weighted by molar-refractivity contribution is 7.14. The van der Waals surface area contributed by atoms with Gasteiger partial charge < -0.3 is 25.2 Å². The summed E-state index contributed by atoms with van der Waals surface area (Å²) in [7, 11) is 1.74. The predicted octanol–water partition coefficient (Wildman–Crippen LogP) is 6.53. The van der Waals surface area contributed by atoms with Crippen molar-refractivity contribution in [1.82, 2.24) is 9.55 Å². The van der Waals surface area contributed by atoms with Crippen molar-refractivity contribution in [2.45, 2.75) is 63.4 Å². The zero-order valence-electron chi connectivity index (χ0n) is 24.8. The first-order valence-corrected chi connectivity index (χ1v) is 15.9. The molecular weight excluding hydrogens is 558 g/mol. The van der Waals surface area contributed by atoms with Crippen molar-refractivity contribution in [1.29, 1.82) is 0 Å². The van der Waals surface area contributed by atoms with Gasteiger partial charge in [-0.3, -0.25) is 9.59 Å². The Balaban J connectivity index is 1.10. The van der Waals surface area contributed by atoms with Gasteiger partial charge in [0, 0.05) is 42.5 Å². The zero-order valence-corrected chi connectivity index (χ0v) is 25.6. The number of pyridine rings is 2. The lowest BCUT2D eigenvalue weighted by Crippen LogP contribution is -2.42. The average Bonchev–Trinajstić information content (AvgIpc) is 3.72. The second-order valence-corrected chi connectivity index (χ2v) is 13.7. The van der Waals surface area contributed by atoms with Gasteiger partial charge in [-0.25, -0.2) is 4.98 Å². The number of aromatic nitrogens is 2. The summed E-state index contributed by atoms with van der Waals surface area (Å²) >= 11 is 1.66. The maximum atomic E-state index is 13.3. The minimum absolute atomic E-state index is 0.0636. The second kappa shape index (κ2) is 10.6. The Labute approximate surface area is 255 Å². The number of anilines is 4. The SMILES string of the molecule is Cc1c(NC(=O)c2cc3c(s2)C2CCC3C2)cccc1-c1cc(Nc2ccc(N3CCC(C)(O)CC3)cn2)c(=O)n(C)c1. The molecule has 8 nitrogen and oxygen atoms in total. The number of aryl methyl sites for hydroxylation is 1. The molecule has 2 atom stereocenters. The van der Waals surface area contributed by atoms with Crippen LogP contribution in [0.25, 0.3) is 11.1 Å². The van der Waals surface area contributed by atoms with Crippen molar-refractivity contribution >= 4 is 40.1 Å². The Kier molecular flexibility index (Phi) is 6.90. The number of piperidine rings is 1. The van der Waals surface area contributed by atoms with E-state index in [1.54, 1.807) is 29.1 Å². The van der Waals surface area contributed by atoms with Crippen LogP contribution in [0, 0.1) is 6.92 Å². The van der Waals surface area contributed by atoms with Gasteiger partial charge in [0.05, 0.1) is 22.4 Å². The standard InChI is InChI=1S/C34H37N5O3S/c1-20-25(5-4-6-27(20)37-32(40)29-17-26-21-7-8-22(15-21)31(26)43-29)23-16-28(33(41)38(3)19-23)36-30-10-9-24(18-35-30)39-13-11-34(2,42)12-14-39/h4-6,9-10,16-19,21-22,42H,7-8,11-15H2,1-3H3,(H,35,36)(H,37,40). The van der Waals surface area contributed by atoms with E-state index in [2.05, 4.69) is 26.6 Å². The summed E-state index contributed by atoms with van der Waals surface area (Å²) < 4.78 is 1.57. The molecule has 2 fully saturated rings. The highest BCUT2D eigenvalue weighted by atomic mass is 32.1. The number of nitrogens with zero attached hydrogens (tertiary/aromatic N) is 3. The van der Waals surface area contributed by atoms with Gasteiger partial charge in [-0.1, -0.05) is 12.1 Å². The van der Waals surface area contributed by atoms with Gasteiger partial charge in [0.15, 0.2) is 0 Å². The first-order valence-electron chi connectivity index (χ1n) is 15.1. The fourth-order valence-electron chi connectivity index (χ4n) is 6.92. The summed E-state index contributed by atoms with van der Waals surface area (Å²) in [6, 6.07) is 13.7. The summed E-state index contributed by atoms with van der Waals surface area (Å²) in [5.41, 5.74) is 5.55. The minimum Gasteiger partial charge on any atom is -0.390 e. The van der Waals surface area contributed by atoms with Crippen LogP contribution in [0.5, 0.6) is 0 Å². The lowest BCUT2D eigenvalue weighted by atomic mass is 9.94. The molecule has 1 amide bonds. The molecule has 0 spiro atoms. The van der Waals surface area contributed by atoms with E-state index in [0.29, 0.717) is 23.3 Å². The number of fused-ring (bicyclic) bond motifs is 5. The zero-order chi connectivity index (χ0) is 29.9. The molecule has 2 bridgehead atoms. The molecule has 1 saturated carbocycles. The van der Waals surface area contributed by atoms with E-state index in [0.717, 1.165) is 58.9 Å². The molecule has 1 saturated heterocycles. The molecule has 7 rings (SSSR count). The third-order valence-corrected chi connectivity index (χ3v) is 10.9. The van der Waals surface area contributed by atoms with Crippen LogP contribution in [0.2, 0.25) is 0 Å². The number of amides is 1. The smallest absolute Gasteiger partial charge is 0.274 e. The van der Waals surface area contributed by atoms with Crippen LogP contribution in [-0.2, 0) is 7.05 Å². The van der Waals surface area contributed by atoms with Gasteiger partial charge in [0.2, 0.25) is 0 Å². The van der Waals surface area contributed by atoms with Crippen LogP contribution in [0.1, 0.15) is 76.5 Å². The lowest BCUT2D eigenvalue weighted by molar-refractivity contribution is 0.0351. The average molecular weight is 596 g/mol. The van der Waals surface area contributed by atoms with Crippen LogP contribution in [-0.4, -0.2) is 39.3 Å². The second-order valence-electron chi connectivity index (χ2n) is 12.6. The number of benzene rings is 1. The number of rotatable bonds is 6. The summed E-state index contributed by atoms with van der Waals surface area (Å²) in [5, 5.41) is 16.6. The molecule has 3 aromatic heterocycles. The lowest BCUT2D eigenvalue weighted by Gasteiger charge is -2.37. The molecular formula is C34H37N5O3S. The van der Waals surface area contributed by atoms with Crippen molar-refractivity contribution in [3.8, 4) is 11.1 Å². The molecule has 1 aromatic carbocycles. The quantitative estimate of drug-likeness (QED) is 0.235. The predicted molar refractivity (Wildman–Crippen MR) is 173 cm³/mol. The molecule has 0 radical (unpaired) electrons. The summed E-state index contributed by atoms with van der Waals surface area (Å²) in [6.07, 6.45) is 8.82. The Morgan fingerprint density at radius 2 is 1.88 bits per heavy atom. The van der Waals surface area contributed by atoms with E-state index in [4.69, 9.17) is 0 Å². The van der Waals surface area contributed by atoms with Crippen LogP contribution in [0.3, 0.4) is 0 Å². The molecule has 9 heteroatoms. The normalized spacial score (nSPS) is 20.2. The maximum absolute atomic E-state index is 13.3. The van der Waals surface area contributed by atoms with Crippen LogP contribution >= 0.6 is 11.3 Å². The monoisotopic (exact) mass is 595 g/mol. The largest absolute Gasteiger partial charge is 0.390 e. The number of carbonyl (C=O) groups is 1. The van der Waals surface area contributed by atoms with Crippen molar-refractivity contribution in [2.75, 3.05) is 28.6 Å². The van der Waals surface area contributed by atoms with Crippen LogP contribution < -0.4 is 21.1 Å². The Bertz CT molecular complexity index is 1740. The van der Waals surface area contributed by atoms with Gasteiger partial charge in [0.1, 0.15) is 11.5 Å². The third-order valence-electron chi connectivity index (χ3n) is 9.55. The Hall–Kier alpha value is -3.95. The Morgan fingerprint density at radius 1 is 1.09 bits per heavy atom. The molecule has 1 aliphatic heterocycles. The van der Waals surface area contributed by atoms with Crippen molar-refractivity contribution in [2.24, 2.45) is 7.05 Å². The van der Waals surface area contributed by atoms with E-state index >= 15 is 0 Å². The van der Waals surface area contributed by atoms with E-state index in [-0.39, 0.29) is 11.5 Å². The molecule has 4 heterocycles. The highest BCUT2D eigenvalue weighted by Crippen LogP contribution is 2.56. The summed E-state index contributed by atoms with van der Waals surface area (Å²) in [4.78, 5) is 35.4. The molecule has 3 N–H and O–H groups in total. The fourth-order valence-corrected chi connectivity index (χ4v) is 8.21. The van der Waals surface area contributed by atoms with E-state index in [1.165, 1.54) is 29.7 Å². The van der Waals surface area contributed by atoms with Gasteiger partial charge in [-0.05, 0) is 105 Å². The number of carbonyl (C=O) groups excluding carboxylic acids is 1. The number of hydrogen-bond acceptors (Lipinski definition) is 7. The number of nitrogens with one attached hydrogen (secondary N) is 2. The molecule has 222 valence electrons. The van der Waals surface area contributed by atoms with Crippen LogP contribution in [0.15, 0.2) is 59.7 Å². The number of aliphatic hydroxyl groups is 1. The van der Waals surface area contributed by atoms with E-state index < -0.39 is 5.60 Å². The molecule has 2 aliphatic carbocycles. The molecule has 43 heavy (non-hydrogen) atoms. The van der Waals surface area contributed by atoms with Gasteiger partial charge in [-0.2, -0.15) is 0 Å². The van der Waals surface area contributed by atoms with Gasteiger partial charge in [0.25, 0.3) is 11.5 Å². The maximum Gasteiger partial charge on any atom is 0.274 e.